The minimum Gasteiger partial charge on any atom is -0.387 e. The summed E-state index contributed by atoms with van der Waals surface area (Å²) in [5, 5.41) is 10.7. The first-order valence-electron chi connectivity index (χ1n) is 10.1. The van der Waals surface area contributed by atoms with Crippen molar-refractivity contribution in [2.45, 2.75) is 44.2 Å². The predicted molar refractivity (Wildman–Crippen MR) is 99.7 cm³/mol. The third-order valence-electron chi connectivity index (χ3n) is 6.48. The van der Waals surface area contributed by atoms with Gasteiger partial charge in [0.2, 0.25) is 0 Å². The van der Waals surface area contributed by atoms with Crippen molar-refractivity contribution in [3.05, 3.63) is 35.4 Å². The second kappa shape index (κ2) is 8.17. The molecule has 2 aliphatic heterocycles. The summed E-state index contributed by atoms with van der Waals surface area (Å²) in [5.41, 5.74) is 2.49. The van der Waals surface area contributed by atoms with Gasteiger partial charge < -0.3 is 9.84 Å². The molecule has 4 rings (SSSR count). The maximum absolute atomic E-state index is 10.7. The van der Waals surface area contributed by atoms with Crippen molar-refractivity contribution in [1.29, 1.82) is 0 Å². The molecule has 0 aromatic heterocycles. The van der Waals surface area contributed by atoms with Gasteiger partial charge in [0.05, 0.1) is 19.3 Å². The lowest BCUT2D eigenvalue weighted by Crippen LogP contribution is -2.43. The quantitative estimate of drug-likeness (QED) is 0.890. The summed E-state index contributed by atoms with van der Waals surface area (Å²) in [4.78, 5) is 5.09. The van der Waals surface area contributed by atoms with Crippen LogP contribution in [0.3, 0.4) is 0 Å². The van der Waals surface area contributed by atoms with E-state index in [0.29, 0.717) is 6.04 Å². The largest absolute Gasteiger partial charge is 0.387 e. The lowest BCUT2D eigenvalue weighted by atomic mass is 9.91. The van der Waals surface area contributed by atoms with Gasteiger partial charge in [0, 0.05) is 19.1 Å². The summed E-state index contributed by atoms with van der Waals surface area (Å²) >= 11 is 0. The molecule has 0 spiro atoms. The van der Waals surface area contributed by atoms with Gasteiger partial charge in [-0.05, 0) is 68.8 Å². The highest BCUT2D eigenvalue weighted by molar-refractivity contribution is 5.35. The molecule has 2 saturated heterocycles. The van der Waals surface area contributed by atoms with E-state index in [-0.39, 0.29) is 6.10 Å². The van der Waals surface area contributed by atoms with Crippen molar-refractivity contribution < 1.29 is 9.84 Å². The van der Waals surface area contributed by atoms with E-state index in [1.807, 2.05) is 6.07 Å². The molecule has 1 aliphatic carbocycles. The zero-order chi connectivity index (χ0) is 17.1. The Bertz CT molecular complexity index is 551. The monoisotopic (exact) mass is 344 g/mol. The first-order valence-corrected chi connectivity index (χ1v) is 10.1. The Hall–Kier alpha value is -0.940. The fourth-order valence-electron chi connectivity index (χ4n) is 4.88. The molecule has 0 saturated carbocycles. The number of fused-ring (bicyclic) bond motifs is 1. The first-order chi connectivity index (χ1) is 12.3. The topological polar surface area (TPSA) is 35.9 Å². The average molecular weight is 344 g/mol. The maximum atomic E-state index is 10.7. The van der Waals surface area contributed by atoms with Crippen molar-refractivity contribution in [3.8, 4) is 0 Å². The minimum atomic E-state index is -0.297. The number of piperidine rings is 1. The van der Waals surface area contributed by atoms with Gasteiger partial charge in [0.15, 0.2) is 0 Å². The van der Waals surface area contributed by atoms with E-state index in [1.54, 1.807) is 0 Å². The molecule has 25 heavy (non-hydrogen) atoms. The van der Waals surface area contributed by atoms with Crippen LogP contribution in [0.4, 0.5) is 0 Å². The number of hydrogen-bond acceptors (Lipinski definition) is 4. The predicted octanol–water partition coefficient (Wildman–Crippen LogP) is 2.47. The summed E-state index contributed by atoms with van der Waals surface area (Å²) < 4.78 is 5.42. The highest BCUT2D eigenvalue weighted by Gasteiger charge is 2.36. The Kier molecular flexibility index (Phi) is 5.71. The Labute approximate surface area is 151 Å². The Morgan fingerprint density at radius 3 is 2.56 bits per heavy atom. The number of hydrogen-bond donors (Lipinski definition) is 1. The second-order valence-corrected chi connectivity index (χ2v) is 7.99. The van der Waals surface area contributed by atoms with Crippen molar-refractivity contribution in [2.75, 3.05) is 45.9 Å². The van der Waals surface area contributed by atoms with Gasteiger partial charge in [0.1, 0.15) is 0 Å². The average Bonchev–Trinajstić information content (AvgIpc) is 3.00. The standard InChI is InChI=1S/C21H32N2O2/c24-21-19-6-2-1-5-18(19)16-20(21)23-10-7-17(8-11-23)4-3-9-22-12-14-25-15-13-22/h1-2,5-6,17,20-21,24H,3-4,7-16H2. The second-order valence-electron chi connectivity index (χ2n) is 7.99. The number of ether oxygens (including phenoxy) is 1. The molecule has 2 fully saturated rings. The number of likely N-dealkylation sites (tertiary alicyclic amines) is 1. The van der Waals surface area contributed by atoms with E-state index in [2.05, 4.69) is 28.0 Å². The van der Waals surface area contributed by atoms with Crippen LogP contribution in [0.5, 0.6) is 0 Å². The molecule has 0 bridgehead atoms. The van der Waals surface area contributed by atoms with Crippen LogP contribution < -0.4 is 0 Å². The Morgan fingerprint density at radius 2 is 1.80 bits per heavy atom. The van der Waals surface area contributed by atoms with Gasteiger partial charge in [-0.2, -0.15) is 0 Å². The molecule has 2 atom stereocenters. The van der Waals surface area contributed by atoms with Crippen LogP contribution in [-0.2, 0) is 11.2 Å². The van der Waals surface area contributed by atoms with E-state index in [1.165, 1.54) is 37.8 Å². The lowest BCUT2D eigenvalue weighted by molar-refractivity contribution is 0.0311. The van der Waals surface area contributed by atoms with E-state index >= 15 is 0 Å². The fraction of sp³-hybridized carbons (Fsp3) is 0.714. The van der Waals surface area contributed by atoms with Gasteiger partial charge in [0.25, 0.3) is 0 Å². The summed E-state index contributed by atoms with van der Waals surface area (Å²) in [6.45, 7) is 7.57. The Morgan fingerprint density at radius 1 is 1.04 bits per heavy atom. The van der Waals surface area contributed by atoms with Crippen LogP contribution in [0.25, 0.3) is 0 Å². The molecular weight excluding hydrogens is 312 g/mol. The maximum Gasteiger partial charge on any atom is 0.0951 e. The molecule has 2 unspecified atom stereocenters. The van der Waals surface area contributed by atoms with Crippen LogP contribution in [0.2, 0.25) is 0 Å². The molecule has 4 heteroatoms. The number of nitrogens with zero attached hydrogens (tertiary/aromatic N) is 2. The highest BCUT2D eigenvalue weighted by atomic mass is 16.5. The first kappa shape index (κ1) is 17.5. The van der Waals surface area contributed by atoms with Crippen LogP contribution >= 0.6 is 0 Å². The normalized spacial score (nSPS) is 29.0. The summed E-state index contributed by atoms with van der Waals surface area (Å²) in [6, 6.07) is 8.71. The molecular formula is C21H32N2O2. The van der Waals surface area contributed by atoms with Crippen molar-refractivity contribution in [2.24, 2.45) is 5.92 Å². The zero-order valence-electron chi connectivity index (χ0n) is 15.3. The van der Waals surface area contributed by atoms with E-state index < -0.39 is 0 Å². The molecule has 1 N–H and O–H groups in total. The highest BCUT2D eigenvalue weighted by Crippen LogP contribution is 2.36. The van der Waals surface area contributed by atoms with Gasteiger partial charge >= 0.3 is 0 Å². The van der Waals surface area contributed by atoms with E-state index in [4.69, 9.17) is 4.74 Å². The molecule has 138 valence electrons. The van der Waals surface area contributed by atoms with Crippen LogP contribution in [0.15, 0.2) is 24.3 Å². The van der Waals surface area contributed by atoms with Crippen molar-refractivity contribution >= 4 is 0 Å². The molecule has 2 heterocycles. The smallest absolute Gasteiger partial charge is 0.0951 e. The van der Waals surface area contributed by atoms with Crippen molar-refractivity contribution in [1.82, 2.24) is 9.80 Å². The Balaban J connectivity index is 1.20. The van der Waals surface area contributed by atoms with Gasteiger partial charge in [-0.25, -0.2) is 0 Å². The third-order valence-corrected chi connectivity index (χ3v) is 6.48. The SMILES string of the molecule is OC1c2ccccc2CC1N1CCC(CCCN2CCOCC2)CC1. The number of aliphatic hydroxyl groups is 1. The molecule has 1 aromatic carbocycles. The minimum absolute atomic E-state index is 0.297. The van der Waals surface area contributed by atoms with E-state index in [9.17, 15) is 5.11 Å². The van der Waals surface area contributed by atoms with Gasteiger partial charge in [-0.3, -0.25) is 9.80 Å². The van der Waals surface area contributed by atoms with Crippen LogP contribution in [-0.4, -0.2) is 66.9 Å². The molecule has 0 amide bonds. The zero-order valence-corrected chi connectivity index (χ0v) is 15.3. The van der Waals surface area contributed by atoms with Crippen molar-refractivity contribution in [3.63, 3.8) is 0 Å². The summed E-state index contributed by atoms with van der Waals surface area (Å²) in [5.74, 6) is 0.873. The summed E-state index contributed by atoms with van der Waals surface area (Å²) in [6.07, 6.45) is 5.99. The van der Waals surface area contributed by atoms with Gasteiger partial charge in [-0.1, -0.05) is 24.3 Å². The van der Waals surface area contributed by atoms with Crippen LogP contribution in [0.1, 0.15) is 42.9 Å². The van der Waals surface area contributed by atoms with Crippen LogP contribution in [0, 0.1) is 5.92 Å². The number of morpholine rings is 1. The number of benzene rings is 1. The van der Waals surface area contributed by atoms with E-state index in [0.717, 1.165) is 57.3 Å². The van der Waals surface area contributed by atoms with Gasteiger partial charge in [-0.15, -0.1) is 0 Å². The molecule has 0 radical (unpaired) electrons. The molecule has 3 aliphatic rings. The number of rotatable bonds is 5. The molecule has 4 nitrogen and oxygen atoms in total. The lowest BCUT2D eigenvalue weighted by Gasteiger charge is -2.37. The fourth-order valence-corrected chi connectivity index (χ4v) is 4.88. The molecule has 1 aromatic rings. The summed E-state index contributed by atoms with van der Waals surface area (Å²) in [7, 11) is 0. The number of aliphatic hydroxyl groups excluding tert-OH is 1. The third kappa shape index (κ3) is 4.08.